The molecule has 1 nitrogen and oxygen atoms in total. The third-order valence-corrected chi connectivity index (χ3v) is 4.50. The Kier molecular flexibility index (Phi) is 5.98. The normalized spacial score (nSPS) is 10.5. The summed E-state index contributed by atoms with van der Waals surface area (Å²) in [7, 11) is 0. The number of benzene rings is 4. The Morgan fingerprint density at radius 3 is 1.63 bits per heavy atom. The first-order valence-corrected chi connectivity index (χ1v) is 8.89. The fourth-order valence-electron chi connectivity index (χ4n) is 3.24. The van der Waals surface area contributed by atoms with Crippen LogP contribution >= 0.6 is 0 Å². The first-order valence-electron chi connectivity index (χ1n) is 8.89. The lowest BCUT2D eigenvalue weighted by molar-refractivity contribution is 1.56. The molecule has 0 aliphatic rings. The maximum atomic E-state index is 2.21. The molecular formula is C26H23N. The molecule has 0 saturated heterocycles. The third kappa shape index (κ3) is 4.22. The van der Waals surface area contributed by atoms with Gasteiger partial charge in [-0.2, -0.15) is 0 Å². The second-order valence-electron chi connectivity index (χ2n) is 6.25. The van der Waals surface area contributed by atoms with Crippen molar-refractivity contribution in [3.8, 4) is 22.3 Å². The molecule has 0 saturated carbocycles. The van der Waals surface area contributed by atoms with E-state index in [1.54, 1.807) is 0 Å². The van der Waals surface area contributed by atoms with Crippen LogP contribution in [-0.4, -0.2) is 0 Å². The van der Waals surface area contributed by atoms with Crippen LogP contribution in [0.2, 0.25) is 0 Å². The molecule has 0 atom stereocenters. The summed E-state index contributed by atoms with van der Waals surface area (Å²) < 4.78 is 0. The van der Waals surface area contributed by atoms with E-state index < -0.39 is 0 Å². The van der Waals surface area contributed by atoms with Crippen molar-refractivity contribution >= 4 is 12.2 Å². The van der Waals surface area contributed by atoms with Gasteiger partial charge in [-0.1, -0.05) is 121 Å². The SMILES string of the molecule is C(=Cc1cccc(-c2ccccc2)c1-c1ccccc1)c1ccccc1.N. The van der Waals surface area contributed by atoms with Gasteiger partial charge in [-0.25, -0.2) is 0 Å². The highest BCUT2D eigenvalue weighted by molar-refractivity contribution is 5.91. The summed E-state index contributed by atoms with van der Waals surface area (Å²) in [5.41, 5.74) is 7.43. The van der Waals surface area contributed by atoms with E-state index in [0.717, 1.165) is 0 Å². The van der Waals surface area contributed by atoms with Gasteiger partial charge in [-0.15, -0.1) is 0 Å². The highest BCUT2D eigenvalue weighted by Gasteiger charge is 2.10. The Morgan fingerprint density at radius 1 is 0.444 bits per heavy atom. The Bertz CT molecular complexity index is 1000. The van der Waals surface area contributed by atoms with Crippen molar-refractivity contribution in [2.24, 2.45) is 0 Å². The molecule has 4 rings (SSSR count). The zero-order chi connectivity index (χ0) is 17.6. The van der Waals surface area contributed by atoms with Crippen LogP contribution in [0.5, 0.6) is 0 Å². The zero-order valence-corrected chi connectivity index (χ0v) is 15.3. The van der Waals surface area contributed by atoms with Gasteiger partial charge in [0.05, 0.1) is 0 Å². The van der Waals surface area contributed by atoms with E-state index >= 15 is 0 Å². The van der Waals surface area contributed by atoms with Crippen LogP contribution in [0, 0.1) is 0 Å². The summed E-state index contributed by atoms with van der Waals surface area (Å²) in [6, 6.07) is 38.2. The maximum Gasteiger partial charge on any atom is -0.00328 e. The lowest BCUT2D eigenvalue weighted by Gasteiger charge is -2.14. The van der Waals surface area contributed by atoms with E-state index in [4.69, 9.17) is 0 Å². The molecule has 0 aliphatic carbocycles. The molecule has 0 radical (unpaired) electrons. The molecule has 3 N–H and O–H groups in total. The second kappa shape index (κ2) is 8.79. The van der Waals surface area contributed by atoms with Gasteiger partial charge in [0.1, 0.15) is 0 Å². The Balaban J connectivity index is 0.00000210. The predicted molar refractivity (Wildman–Crippen MR) is 118 cm³/mol. The van der Waals surface area contributed by atoms with Crippen molar-refractivity contribution in [1.82, 2.24) is 6.15 Å². The molecule has 0 heterocycles. The summed E-state index contributed by atoms with van der Waals surface area (Å²) in [6.07, 6.45) is 4.39. The molecule has 0 unspecified atom stereocenters. The quantitative estimate of drug-likeness (QED) is 0.384. The summed E-state index contributed by atoms with van der Waals surface area (Å²) in [6.45, 7) is 0. The van der Waals surface area contributed by atoms with Crippen LogP contribution in [0.3, 0.4) is 0 Å². The molecule has 0 spiro atoms. The highest BCUT2D eigenvalue weighted by atomic mass is 14.1. The Hall–Kier alpha value is -3.42. The standard InChI is InChI=1S/C26H20.H3N/c1-4-11-21(12-5-1)19-20-24-17-10-18-25(22-13-6-2-7-14-22)26(24)23-15-8-3-9-16-23;/h1-20H;1H3. The largest absolute Gasteiger partial charge is 0.344 e. The average Bonchev–Trinajstić information content (AvgIpc) is 2.74. The van der Waals surface area contributed by atoms with Gasteiger partial charge in [0.25, 0.3) is 0 Å². The van der Waals surface area contributed by atoms with Crippen LogP contribution in [-0.2, 0) is 0 Å². The van der Waals surface area contributed by atoms with E-state index in [0.29, 0.717) is 0 Å². The molecule has 0 bridgehead atoms. The topological polar surface area (TPSA) is 35.0 Å². The molecule has 0 aliphatic heterocycles. The first-order chi connectivity index (χ1) is 12.9. The van der Waals surface area contributed by atoms with Gasteiger partial charge in [0, 0.05) is 0 Å². The van der Waals surface area contributed by atoms with Gasteiger partial charge in [-0.05, 0) is 33.4 Å². The first kappa shape index (κ1) is 18.4. The van der Waals surface area contributed by atoms with Crippen LogP contribution in [0.4, 0.5) is 0 Å². The van der Waals surface area contributed by atoms with Crippen molar-refractivity contribution in [3.05, 3.63) is 120 Å². The third-order valence-electron chi connectivity index (χ3n) is 4.50. The van der Waals surface area contributed by atoms with E-state index in [2.05, 4.69) is 115 Å². The molecular weight excluding hydrogens is 326 g/mol. The van der Waals surface area contributed by atoms with Gasteiger partial charge >= 0.3 is 0 Å². The minimum atomic E-state index is 0. The van der Waals surface area contributed by atoms with Crippen molar-refractivity contribution in [2.45, 2.75) is 0 Å². The van der Waals surface area contributed by atoms with Crippen molar-refractivity contribution in [3.63, 3.8) is 0 Å². The molecule has 1 heteroatoms. The minimum Gasteiger partial charge on any atom is -0.344 e. The number of hydrogen-bond acceptors (Lipinski definition) is 1. The van der Waals surface area contributed by atoms with E-state index in [-0.39, 0.29) is 6.15 Å². The predicted octanol–water partition coefficient (Wildman–Crippen LogP) is 7.35. The Morgan fingerprint density at radius 2 is 1.00 bits per heavy atom. The fraction of sp³-hybridized carbons (Fsp3) is 0. The summed E-state index contributed by atoms with van der Waals surface area (Å²) in [4.78, 5) is 0. The number of hydrogen-bond donors (Lipinski definition) is 1. The smallest absolute Gasteiger partial charge is 0.00328 e. The molecule has 0 fully saturated rings. The van der Waals surface area contributed by atoms with Crippen LogP contribution < -0.4 is 6.15 Å². The van der Waals surface area contributed by atoms with Gasteiger partial charge < -0.3 is 6.15 Å². The summed E-state index contributed by atoms with van der Waals surface area (Å²) >= 11 is 0. The van der Waals surface area contributed by atoms with Crippen molar-refractivity contribution in [2.75, 3.05) is 0 Å². The van der Waals surface area contributed by atoms with Crippen molar-refractivity contribution in [1.29, 1.82) is 0 Å². The maximum absolute atomic E-state index is 2.21. The molecule has 132 valence electrons. The molecule has 27 heavy (non-hydrogen) atoms. The van der Waals surface area contributed by atoms with Gasteiger partial charge in [0.15, 0.2) is 0 Å². The lowest BCUT2D eigenvalue weighted by atomic mass is 9.90. The molecule has 0 amide bonds. The molecule has 4 aromatic rings. The molecule has 4 aromatic carbocycles. The lowest BCUT2D eigenvalue weighted by Crippen LogP contribution is -1.89. The van der Waals surface area contributed by atoms with E-state index in [1.807, 2.05) is 6.07 Å². The molecule has 0 aromatic heterocycles. The number of rotatable bonds is 4. The average molecular weight is 349 g/mol. The second-order valence-corrected chi connectivity index (χ2v) is 6.25. The monoisotopic (exact) mass is 349 g/mol. The zero-order valence-electron chi connectivity index (χ0n) is 15.3. The summed E-state index contributed by atoms with van der Waals surface area (Å²) in [5.74, 6) is 0. The fourth-order valence-corrected chi connectivity index (χ4v) is 3.24. The van der Waals surface area contributed by atoms with E-state index in [1.165, 1.54) is 33.4 Å². The summed E-state index contributed by atoms with van der Waals surface area (Å²) in [5, 5.41) is 0. The van der Waals surface area contributed by atoms with Crippen LogP contribution in [0.15, 0.2) is 109 Å². The van der Waals surface area contributed by atoms with Crippen molar-refractivity contribution < 1.29 is 0 Å². The van der Waals surface area contributed by atoms with E-state index in [9.17, 15) is 0 Å². The van der Waals surface area contributed by atoms with Crippen LogP contribution in [0.25, 0.3) is 34.4 Å². The highest BCUT2D eigenvalue weighted by Crippen LogP contribution is 2.35. The van der Waals surface area contributed by atoms with Gasteiger partial charge in [0.2, 0.25) is 0 Å². The van der Waals surface area contributed by atoms with Crippen LogP contribution in [0.1, 0.15) is 11.1 Å². The minimum absolute atomic E-state index is 0. The van der Waals surface area contributed by atoms with Gasteiger partial charge in [-0.3, -0.25) is 0 Å². The Labute approximate surface area is 161 Å².